The molecular weight excluding hydrogens is 220 g/mol. The fourth-order valence-corrected chi connectivity index (χ4v) is 2.04. The summed E-state index contributed by atoms with van der Waals surface area (Å²) in [6, 6.07) is 7.41. The molecule has 88 valence electrons. The number of hydrogen-bond acceptors (Lipinski definition) is 1. The highest BCUT2D eigenvalue weighted by Crippen LogP contribution is 2.28. The van der Waals surface area contributed by atoms with E-state index < -0.39 is 11.6 Å². The van der Waals surface area contributed by atoms with Crippen LogP contribution in [0.15, 0.2) is 42.7 Å². The number of halogens is 2. The highest BCUT2D eigenvalue weighted by atomic mass is 19.1. The van der Waals surface area contributed by atoms with E-state index in [9.17, 15) is 8.78 Å². The standard InChI is InChI=1S/C14H13F2N/c1-2-14(10-3-5-17-6-4-10)11-7-12(15)9-13(16)8-11/h3-9,14H,2H2,1H3. The van der Waals surface area contributed by atoms with Crippen LogP contribution in [0.2, 0.25) is 0 Å². The molecule has 0 saturated carbocycles. The molecule has 0 N–H and O–H groups in total. The minimum atomic E-state index is -0.535. The van der Waals surface area contributed by atoms with E-state index in [1.165, 1.54) is 12.1 Å². The lowest BCUT2D eigenvalue weighted by molar-refractivity contribution is 0.576. The molecule has 0 aliphatic heterocycles. The Morgan fingerprint density at radius 1 is 1.00 bits per heavy atom. The van der Waals surface area contributed by atoms with Crippen molar-refractivity contribution in [3.8, 4) is 0 Å². The van der Waals surface area contributed by atoms with Crippen molar-refractivity contribution in [2.45, 2.75) is 19.3 Å². The van der Waals surface area contributed by atoms with Gasteiger partial charge in [-0.25, -0.2) is 8.78 Å². The zero-order valence-electron chi connectivity index (χ0n) is 9.53. The molecule has 1 unspecified atom stereocenters. The van der Waals surface area contributed by atoms with Crippen molar-refractivity contribution < 1.29 is 8.78 Å². The van der Waals surface area contributed by atoms with E-state index in [-0.39, 0.29) is 5.92 Å². The van der Waals surface area contributed by atoms with Crippen LogP contribution in [0.25, 0.3) is 0 Å². The predicted octanol–water partition coefficient (Wildman–Crippen LogP) is 3.90. The van der Waals surface area contributed by atoms with Crippen molar-refractivity contribution in [1.82, 2.24) is 4.98 Å². The number of nitrogens with zero attached hydrogens (tertiary/aromatic N) is 1. The molecule has 0 fully saturated rings. The van der Waals surface area contributed by atoms with Crippen LogP contribution in [0, 0.1) is 11.6 Å². The Bertz CT molecular complexity index is 477. The van der Waals surface area contributed by atoms with Crippen LogP contribution in [0.3, 0.4) is 0 Å². The molecule has 0 bridgehead atoms. The summed E-state index contributed by atoms with van der Waals surface area (Å²) in [7, 11) is 0. The molecule has 1 atom stereocenters. The van der Waals surface area contributed by atoms with Crippen LogP contribution in [0.5, 0.6) is 0 Å². The van der Waals surface area contributed by atoms with Crippen LogP contribution in [-0.2, 0) is 0 Å². The molecule has 1 aromatic carbocycles. The van der Waals surface area contributed by atoms with Crippen LogP contribution >= 0.6 is 0 Å². The van der Waals surface area contributed by atoms with Gasteiger partial charge in [0.05, 0.1) is 0 Å². The van der Waals surface area contributed by atoms with Gasteiger partial charge < -0.3 is 0 Å². The molecule has 0 aliphatic carbocycles. The number of rotatable bonds is 3. The molecule has 2 aromatic rings. The van der Waals surface area contributed by atoms with Gasteiger partial charge in [-0.1, -0.05) is 6.92 Å². The SMILES string of the molecule is CCC(c1ccncc1)c1cc(F)cc(F)c1. The summed E-state index contributed by atoms with van der Waals surface area (Å²) in [5.74, 6) is -1.07. The fraction of sp³-hybridized carbons (Fsp3) is 0.214. The molecule has 2 rings (SSSR count). The summed E-state index contributed by atoms with van der Waals surface area (Å²) in [6.45, 7) is 1.99. The Kier molecular flexibility index (Phi) is 3.47. The van der Waals surface area contributed by atoms with Gasteiger partial charge in [-0.05, 0) is 41.8 Å². The maximum atomic E-state index is 13.2. The monoisotopic (exact) mass is 233 g/mol. The van der Waals surface area contributed by atoms with E-state index in [1.54, 1.807) is 12.4 Å². The van der Waals surface area contributed by atoms with Gasteiger partial charge in [0, 0.05) is 24.4 Å². The number of hydrogen-bond donors (Lipinski definition) is 0. The van der Waals surface area contributed by atoms with Gasteiger partial charge in [0.15, 0.2) is 0 Å². The average molecular weight is 233 g/mol. The minimum Gasteiger partial charge on any atom is -0.265 e. The van der Waals surface area contributed by atoms with Gasteiger partial charge in [-0.3, -0.25) is 4.98 Å². The molecule has 0 saturated heterocycles. The van der Waals surface area contributed by atoms with Crippen LogP contribution in [0.4, 0.5) is 8.78 Å². The molecular formula is C14H13F2N. The average Bonchev–Trinajstić information content (AvgIpc) is 2.30. The van der Waals surface area contributed by atoms with Gasteiger partial charge in [0.2, 0.25) is 0 Å². The first-order valence-electron chi connectivity index (χ1n) is 5.56. The molecule has 1 nitrogen and oxygen atoms in total. The highest BCUT2D eigenvalue weighted by molar-refractivity contribution is 5.31. The Balaban J connectivity index is 2.42. The molecule has 1 heterocycles. The van der Waals surface area contributed by atoms with Crippen LogP contribution < -0.4 is 0 Å². The van der Waals surface area contributed by atoms with E-state index in [4.69, 9.17) is 0 Å². The van der Waals surface area contributed by atoms with Crippen molar-refractivity contribution in [1.29, 1.82) is 0 Å². The zero-order chi connectivity index (χ0) is 12.3. The molecule has 3 heteroatoms. The zero-order valence-corrected chi connectivity index (χ0v) is 9.53. The van der Waals surface area contributed by atoms with Crippen LogP contribution in [0.1, 0.15) is 30.4 Å². The lowest BCUT2D eigenvalue weighted by Gasteiger charge is -2.15. The predicted molar refractivity (Wildman–Crippen MR) is 62.7 cm³/mol. The fourth-order valence-electron chi connectivity index (χ4n) is 2.04. The maximum absolute atomic E-state index is 13.2. The number of aromatic nitrogens is 1. The van der Waals surface area contributed by atoms with E-state index in [1.807, 2.05) is 19.1 Å². The second kappa shape index (κ2) is 5.04. The minimum absolute atomic E-state index is 0.00296. The summed E-state index contributed by atoms with van der Waals surface area (Å²) >= 11 is 0. The normalized spacial score (nSPS) is 12.4. The smallest absolute Gasteiger partial charge is 0.126 e. The van der Waals surface area contributed by atoms with Crippen molar-refractivity contribution in [2.24, 2.45) is 0 Å². The maximum Gasteiger partial charge on any atom is 0.126 e. The second-order valence-electron chi connectivity index (χ2n) is 3.94. The molecule has 0 amide bonds. The first-order valence-corrected chi connectivity index (χ1v) is 5.56. The first-order chi connectivity index (χ1) is 8.20. The van der Waals surface area contributed by atoms with Crippen LogP contribution in [-0.4, -0.2) is 4.98 Å². The number of pyridine rings is 1. The Morgan fingerprint density at radius 2 is 1.59 bits per heavy atom. The highest BCUT2D eigenvalue weighted by Gasteiger charge is 2.13. The van der Waals surface area contributed by atoms with Crippen molar-refractivity contribution in [3.05, 3.63) is 65.5 Å². The quantitative estimate of drug-likeness (QED) is 0.783. The third-order valence-corrected chi connectivity index (χ3v) is 2.80. The van der Waals surface area contributed by atoms with E-state index in [0.29, 0.717) is 5.56 Å². The summed E-state index contributed by atoms with van der Waals surface area (Å²) in [6.07, 6.45) is 4.16. The van der Waals surface area contributed by atoms with Gasteiger partial charge >= 0.3 is 0 Å². The third kappa shape index (κ3) is 2.67. The molecule has 1 aromatic heterocycles. The lowest BCUT2D eigenvalue weighted by Crippen LogP contribution is -2.01. The van der Waals surface area contributed by atoms with Gasteiger partial charge in [0.1, 0.15) is 11.6 Å². The van der Waals surface area contributed by atoms with Gasteiger partial charge in [0.25, 0.3) is 0 Å². The van der Waals surface area contributed by atoms with Gasteiger partial charge in [-0.2, -0.15) is 0 Å². The summed E-state index contributed by atoms with van der Waals surface area (Å²) in [4.78, 5) is 3.94. The lowest BCUT2D eigenvalue weighted by atomic mass is 9.90. The summed E-state index contributed by atoms with van der Waals surface area (Å²) in [5.41, 5.74) is 1.68. The van der Waals surface area contributed by atoms with E-state index in [0.717, 1.165) is 18.1 Å². The molecule has 0 radical (unpaired) electrons. The Labute approximate surface area is 99.1 Å². The number of benzene rings is 1. The second-order valence-corrected chi connectivity index (χ2v) is 3.94. The summed E-state index contributed by atoms with van der Waals surface area (Å²) < 4.78 is 26.4. The van der Waals surface area contributed by atoms with Crippen molar-refractivity contribution in [2.75, 3.05) is 0 Å². The van der Waals surface area contributed by atoms with Crippen molar-refractivity contribution >= 4 is 0 Å². The van der Waals surface area contributed by atoms with E-state index >= 15 is 0 Å². The first kappa shape index (κ1) is 11.7. The van der Waals surface area contributed by atoms with Gasteiger partial charge in [-0.15, -0.1) is 0 Å². The Hall–Kier alpha value is -1.77. The van der Waals surface area contributed by atoms with Crippen molar-refractivity contribution in [3.63, 3.8) is 0 Å². The Morgan fingerprint density at radius 3 is 2.12 bits per heavy atom. The molecule has 0 aliphatic rings. The molecule has 0 spiro atoms. The largest absolute Gasteiger partial charge is 0.265 e. The third-order valence-electron chi connectivity index (χ3n) is 2.80. The summed E-state index contributed by atoms with van der Waals surface area (Å²) in [5, 5.41) is 0. The topological polar surface area (TPSA) is 12.9 Å². The molecule has 17 heavy (non-hydrogen) atoms. The van der Waals surface area contributed by atoms with E-state index in [2.05, 4.69) is 4.98 Å².